The van der Waals surface area contributed by atoms with E-state index < -0.39 is 0 Å². The molecule has 0 fully saturated rings. The maximum absolute atomic E-state index is 9.51. The van der Waals surface area contributed by atoms with E-state index in [1.165, 1.54) is 0 Å². The van der Waals surface area contributed by atoms with E-state index in [4.69, 9.17) is 5.26 Å². The molecule has 0 N–H and O–H groups in total. The molecule has 0 aliphatic heterocycles. The Morgan fingerprint density at radius 3 is 2.54 bits per heavy atom. The molecule has 1 aromatic heterocycles. The molecule has 0 bridgehead atoms. The predicted octanol–water partition coefficient (Wildman–Crippen LogP) is 3.42. The van der Waals surface area contributed by atoms with Crippen LogP contribution in [-0.2, 0) is 7.05 Å². The minimum Gasteiger partial charge on any atom is -0.310 e. The van der Waals surface area contributed by atoms with Crippen LogP contribution in [0.5, 0.6) is 0 Å². The van der Waals surface area contributed by atoms with E-state index in [1.807, 2.05) is 43.4 Å². The Labute approximate surface area is 139 Å². The zero-order valence-corrected chi connectivity index (χ0v) is 13.0. The number of hydrogen-bond acceptors (Lipinski definition) is 4. The summed E-state index contributed by atoms with van der Waals surface area (Å²) in [6.07, 6.45) is 1.71. The van der Waals surface area contributed by atoms with E-state index in [0.717, 1.165) is 11.1 Å². The molecule has 5 heteroatoms. The lowest BCUT2D eigenvalue weighted by atomic mass is 10.1. The molecule has 0 unspecified atom stereocenters. The summed E-state index contributed by atoms with van der Waals surface area (Å²) in [6, 6.07) is 21.0. The van der Waals surface area contributed by atoms with Gasteiger partial charge in [-0.25, -0.2) is 0 Å². The number of allylic oxidation sites excluding steroid dienone is 1. The molecule has 1 heterocycles. The first-order valence-electron chi connectivity index (χ1n) is 7.30. The van der Waals surface area contributed by atoms with Gasteiger partial charge >= 0.3 is 0 Å². The van der Waals surface area contributed by atoms with Gasteiger partial charge in [0.1, 0.15) is 6.07 Å². The number of nitriles is 2. The highest BCUT2D eigenvalue weighted by atomic mass is 15.3. The molecule has 114 valence electrons. The number of hydrogen-bond donors (Lipinski definition) is 0. The molecule has 0 aliphatic carbocycles. The van der Waals surface area contributed by atoms with Gasteiger partial charge in [-0.3, -0.25) is 0 Å². The van der Waals surface area contributed by atoms with Crippen LogP contribution < -0.4 is 0 Å². The summed E-state index contributed by atoms with van der Waals surface area (Å²) >= 11 is 0. The molecule has 3 rings (SSSR count). The standard InChI is InChI=1S/C19H13N5/c1-24-18(16-8-3-2-4-9-16)22-23-19(24)17(13-21)11-14-6-5-7-15(10-14)12-20/h2-11H,1H3/b17-11+. The van der Waals surface area contributed by atoms with Crippen molar-refractivity contribution in [1.29, 1.82) is 10.5 Å². The summed E-state index contributed by atoms with van der Waals surface area (Å²) in [5.41, 5.74) is 2.64. The van der Waals surface area contributed by atoms with E-state index in [2.05, 4.69) is 22.3 Å². The van der Waals surface area contributed by atoms with Crippen molar-refractivity contribution in [3.63, 3.8) is 0 Å². The van der Waals surface area contributed by atoms with Crippen LogP contribution in [-0.4, -0.2) is 14.8 Å². The van der Waals surface area contributed by atoms with Crippen molar-refractivity contribution >= 4 is 11.6 Å². The fraction of sp³-hybridized carbons (Fsp3) is 0.0526. The second kappa shape index (κ2) is 6.60. The van der Waals surface area contributed by atoms with Gasteiger partial charge in [0, 0.05) is 12.6 Å². The lowest BCUT2D eigenvalue weighted by Crippen LogP contribution is -1.98. The highest BCUT2D eigenvalue weighted by Crippen LogP contribution is 2.22. The highest BCUT2D eigenvalue weighted by Gasteiger charge is 2.14. The number of rotatable bonds is 3. The van der Waals surface area contributed by atoms with Gasteiger partial charge in [0.15, 0.2) is 11.6 Å². The number of aromatic nitrogens is 3. The van der Waals surface area contributed by atoms with Gasteiger partial charge in [0.2, 0.25) is 0 Å². The van der Waals surface area contributed by atoms with Crippen LogP contribution in [0, 0.1) is 22.7 Å². The second-order valence-corrected chi connectivity index (χ2v) is 5.18. The lowest BCUT2D eigenvalue weighted by Gasteiger charge is -2.03. The average molecular weight is 311 g/mol. The second-order valence-electron chi connectivity index (χ2n) is 5.18. The van der Waals surface area contributed by atoms with Gasteiger partial charge in [-0.2, -0.15) is 10.5 Å². The van der Waals surface area contributed by atoms with Gasteiger partial charge in [-0.05, 0) is 23.8 Å². The maximum Gasteiger partial charge on any atom is 0.174 e. The first kappa shape index (κ1) is 15.2. The van der Waals surface area contributed by atoms with Gasteiger partial charge in [-0.15, -0.1) is 10.2 Å². The third kappa shape index (κ3) is 2.92. The van der Waals surface area contributed by atoms with Crippen LogP contribution >= 0.6 is 0 Å². The van der Waals surface area contributed by atoms with Crippen molar-refractivity contribution in [2.24, 2.45) is 7.05 Å². The summed E-state index contributed by atoms with van der Waals surface area (Å²) in [6.45, 7) is 0. The largest absolute Gasteiger partial charge is 0.310 e. The third-order valence-corrected chi connectivity index (χ3v) is 3.59. The van der Waals surface area contributed by atoms with E-state index in [-0.39, 0.29) is 0 Å². The van der Waals surface area contributed by atoms with Crippen LogP contribution in [0.1, 0.15) is 17.0 Å². The summed E-state index contributed by atoms with van der Waals surface area (Å²) in [5.74, 6) is 1.18. The normalized spacial score (nSPS) is 10.9. The highest BCUT2D eigenvalue weighted by molar-refractivity contribution is 5.87. The molecule has 3 aromatic rings. The van der Waals surface area contributed by atoms with Crippen LogP contribution in [0.25, 0.3) is 23.0 Å². The third-order valence-electron chi connectivity index (χ3n) is 3.59. The van der Waals surface area contributed by atoms with Crippen LogP contribution in [0.3, 0.4) is 0 Å². The van der Waals surface area contributed by atoms with Gasteiger partial charge in [-0.1, -0.05) is 42.5 Å². The molecule has 0 spiro atoms. The van der Waals surface area contributed by atoms with Gasteiger partial charge < -0.3 is 4.57 Å². The molecular weight excluding hydrogens is 298 g/mol. The SMILES string of the molecule is Cn1c(/C(C#N)=C/c2cccc(C#N)c2)nnc1-c1ccccc1. The van der Waals surface area contributed by atoms with Crippen LogP contribution in [0.4, 0.5) is 0 Å². The van der Waals surface area contributed by atoms with Crippen molar-refractivity contribution in [1.82, 2.24) is 14.8 Å². The molecule has 24 heavy (non-hydrogen) atoms. The number of nitrogens with zero attached hydrogens (tertiary/aromatic N) is 5. The Morgan fingerprint density at radius 1 is 1.04 bits per heavy atom. The molecule has 0 aliphatic rings. The Morgan fingerprint density at radius 2 is 1.83 bits per heavy atom. The fourth-order valence-electron chi connectivity index (χ4n) is 2.41. The van der Waals surface area contributed by atoms with E-state index in [1.54, 1.807) is 28.8 Å². The fourth-order valence-corrected chi connectivity index (χ4v) is 2.41. The Balaban J connectivity index is 2.04. The Hall–Kier alpha value is -3.70. The molecule has 2 aromatic carbocycles. The first-order chi connectivity index (χ1) is 11.7. The zero-order valence-electron chi connectivity index (χ0n) is 13.0. The van der Waals surface area contributed by atoms with Gasteiger partial charge in [0.25, 0.3) is 0 Å². The topological polar surface area (TPSA) is 78.3 Å². The number of benzene rings is 2. The van der Waals surface area contributed by atoms with Crippen LogP contribution in [0.2, 0.25) is 0 Å². The summed E-state index contributed by atoms with van der Waals surface area (Å²) in [4.78, 5) is 0. The smallest absolute Gasteiger partial charge is 0.174 e. The molecular formula is C19H13N5. The minimum atomic E-state index is 0.391. The molecule has 0 radical (unpaired) electrons. The minimum absolute atomic E-state index is 0.391. The summed E-state index contributed by atoms with van der Waals surface area (Å²) in [5, 5.41) is 26.8. The molecule has 0 atom stereocenters. The monoisotopic (exact) mass is 311 g/mol. The zero-order chi connectivity index (χ0) is 16.9. The van der Waals surface area contributed by atoms with Gasteiger partial charge in [0.05, 0.1) is 17.2 Å². The maximum atomic E-state index is 9.51. The van der Waals surface area contributed by atoms with Crippen molar-refractivity contribution in [2.45, 2.75) is 0 Å². The molecule has 0 saturated carbocycles. The quantitative estimate of drug-likeness (QED) is 0.694. The molecule has 5 nitrogen and oxygen atoms in total. The predicted molar refractivity (Wildman–Crippen MR) is 91.1 cm³/mol. The van der Waals surface area contributed by atoms with Crippen molar-refractivity contribution in [2.75, 3.05) is 0 Å². The summed E-state index contributed by atoms with van der Waals surface area (Å²) in [7, 11) is 1.83. The van der Waals surface area contributed by atoms with Crippen molar-refractivity contribution in [3.05, 3.63) is 71.5 Å². The first-order valence-corrected chi connectivity index (χ1v) is 7.30. The van der Waals surface area contributed by atoms with Crippen molar-refractivity contribution < 1.29 is 0 Å². The van der Waals surface area contributed by atoms with E-state index >= 15 is 0 Å². The van der Waals surface area contributed by atoms with E-state index in [9.17, 15) is 5.26 Å². The molecule has 0 saturated heterocycles. The van der Waals surface area contributed by atoms with Crippen molar-refractivity contribution in [3.8, 4) is 23.5 Å². The Bertz CT molecular complexity index is 985. The van der Waals surface area contributed by atoms with Crippen LogP contribution in [0.15, 0.2) is 54.6 Å². The lowest BCUT2D eigenvalue weighted by molar-refractivity contribution is 0.901. The average Bonchev–Trinajstić information content (AvgIpc) is 3.02. The van der Waals surface area contributed by atoms with E-state index in [0.29, 0.717) is 22.8 Å². The molecule has 0 amide bonds. The Kier molecular flexibility index (Phi) is 4.18. The summed E-state index contributed by atoms with van der Waals surface area (Å²) < 4.78 is 1.79.